The first-order valence-electron chi connectivity index (χ1n) is 7.68. The summed E-state index contributed by atoms with van der Waals surface area (Å²) >= 11 is 0. The van der Waals surface area contributed by atoms with E-state index in [0.29, 0.717) is 0 Å². The minimum atomic E-state index is -0.862. The second kappa shape index (κ2) is 4.80. The van der Waals surface area contributed by atoms with Crippen LogP contribution in [0.2, 0.25) is 0 Å². The van der Waals surface area contributed by atoms with E-state index in [2.05, 4.69) is 17.4 Å². The third-order valence-corrected chi connectivity index (χ3v) is 4.91. The topological polar surface area (TPSA) is 46.2 Å². The van der Waals surface area contributed by atoms with Crippen LogP contribution in [0, 0.1) is 0 Å². The highest BCUT2D eigenvalue weighted by Gasteiger charge is 2.49. The van der Waals surface area contributed by atoms with Gasteiger partial charge in [0.05, 0.1) is 6.54 Å². The SMILES string of the molecule is O=C1CNC(=O)C2(C1)c1ccccc1CCc1ccccc12. The molecule has 1 fully saturated rings. The maximum atomic E-state index is 12.9. The molecule has 1 saturated heterocycles. The summed E-state index contributed by atoms with van der Waals surface area (Å²) < 4.78 is 0. The van der Waals surface area contributed by atoms with Crippen molar-refractivity contribution in [1.82, 2.24) is 5.32 Å². The van der Waals surface area contributed by atoms with Crippen molar-refractivity contribution < 1.29 is 9.59 Å². The molecular weight excluding hydrogens is 274 g/mol. The van der Waals surface area contributed by atoms with Crippen molar-refractivity contribution in [2.45, 2.75) is 24.7 Å². The molecule has 1 amide bonds. The lowest BCUT2D eigenvalue weighted by molar-refractivity contribution is -0.134. The first-order valence-corrected chi connectivity index (χ1v) is 7.68. The summed E-state index contributed by atoms with van der Waals surface area (Å²) in [7, 11) is 0. The molecule has 1 aliphatic carbocycles. The monoisotopic (exact) mass is 291 g/mol. The van der Waals surface area contributed by atoms with Crippen LogP contribution in [0.5, 0.6) is 0 Å². The fourth-order valence-electron chi connectivity index (χ4n) is 3.93. The quantitative estimate of drug-likeness (QED) is 0.808. The average Bonchev–Trinajstić information content (AvgIpc) is 2.68. The van der Waals surface area contributed by atoms with Gasteiger partial charge in [0.15, 0.2) is 5.78 Å². The van der Waals surface area contributed by atoms with Gasteiger partial charge in [-0.1, -0.05) is 48.5 Å². The minimum absolute atomic E-state index is 0.0473. The lowest BCUT2D eigenvalue weighted by Crippen LogP contribution is -2.53. The number of ketones is 1. The Morgan fingerprint density at radius 1 is 0.818 bits per heavy atom. The second-order valence-corrected chi connectivity index (χ2v) is 6.12. The third kappa shape index (κ3) is 1.75. The van der Waals surface area contributed by atoms with Gasteiger partial charge in [-0.2, -0.15) is 0 Å². The number of hydrogen-bond donors (Lipinski definition) is 1. The fourth-order valence-corrected chi connectivity index (χ4v) is 3.93. The molecule has 2 aromatic rings. The summed E-state index contributed by atoms with van der Waals surface area (Å²) in [5.74, 6) is 0.0417. The molecule has 110 valence electrons. The van der Waals surface area contributed by atoms with Crippen molar-refractivity contribution in [3.8, 4) is 0 Å². The predicted octanol–water partition coefficient (Wildman–Crippen LogP) is 2.16. The van der Waals surface area contributed by atoms with Crippen molar-refractivity contribution in [3.63, 3.8) is 0 Å². The molecular formula is C19H17NO2. The number of carbonyl (C=O) groups is 2. The number of piperidine rings is 1. The summed E-state index contributed by atoms with van der Waals surface area (Å²) in [5, 5.41) is 2.81. The molecule has 0 unspecified atom stereocenters. The lowest BCUT2D eigenvalue weighted by Gasteiger charge is -2.37. The number of rotatable bonds is 0. The van der Waals surface area contributed by atoms with Crippen LogP contribution >= 0.6 is 0 Å². The number of fused-ring (bicyclic) bond motifs is 4. The Morgan fingerprint density at radius 3 is 1.95 bits per heavy atom. The first kappa shape index (κ1) is 13.3. The average molecular weight is 291 g/mol. The molecule has 22 heavy (non-hydrogen) atoms. The molecule has 0 saturated carbocycles. The van der Waals surface area contributed by atoms with Gasteiger partial charge in [-0.15, -0.1) is 0 Å². The van der Waals surface area contributed by atoms with Crippen LogP contribution in [0.3, 0.4) is 0 Å². The Morgan fingerprint density at radius 2 is 1.36 bits per heavy atom. The first-order chi connectivity index (χ1) is 10.7. The molecule has 1 aliphatic heterocycles. The van der Waals surface area contributed by atoms with E-state index in [1.807, 2.05) is 36.4 Å². The molecule has 1 N–H and O–H groups in total. The molecule has 4 rings (SSSR count). The zero-order valence-corrected chi connectivity index (χ0v) is 12.3. The van der Waals surface area contributed by atoms with E-state index in [-0.39, 0.29) is 24.7 Å². The molecule has 0 aromatic heterocycles. The highest BCUT2D eigenvalue weighted by atomic mass is 16.2. The van der Waals surface area contributed by atoms with Gasteiger partial charge in [0.2, 0.25) is 5.91 Å². The predicted molar refractivity (Wildman–Crippen MR) is 83.7 cm³/mol. The summed E-state index contributed by atoms with van der Waals surface area (Å²) in [4.78, 5) is 25.1. The smallest absolute Gasteiger partial charge is 0.235 e. The van der Waals surface area contributed by atoms with Gasteiger partial charge in [-0.05, 0) is 35.1 Å². The van der Waals surface area contributed by atoms with Crippen molar-refractivity contribution in [2.24, 2.45) is 0 Å². The van der Waals surface area contributed by atoms with Gasteiger partial charge in [0.25, 0.3) is 0 Å². The lowest BCUT2D eigenvalue weighted by atomic mass is 9.67. The highest BCUT2D eigenvalue weighted by molar-refractivity contribution is 6.03. The van der Waals surface area contributed by atoms with E-state index < -0.39 is 5.41 Å². The van der Waals surface area contributed by atoms with Gasteiger partial charge in [0.1, 0.15) is 5.41 Å². The number of hydrogen-bond acceptors (Lipinski definition) is 2. The Bertz CT molecular complexity index is 731. The zero-order chi connectivity index (χ0) is 15.2. The summed E-state index contributed by atoms with van der Waals surface area (Å²) in [6.45, 7) is 0.144. The molecule has 2 aromatic carbocycles. The van der Waals surface area contributed by atoms with Crippen LogP contribution in [0.15, 0.2) is 48.5 Å². The van der Waals surface area contributed by atoms with Crippen molar-refractivity contribution in [1.29, 1.82) is 0 Å². The Labute approximate surface area is 129 Å². The molecule has 2 aliphatic rings. The number of aryl methyl sites for hydroxylation is 2. The van der Waals surface area contributed by atoms with E-state index in [1.54, 1.807) is 0 Å². The molecule has 3 heteroatoms. The maximum absolute atomic E-state index is 12.9. The maximum Gasteiger partial charge on any atom is 0.235 e. The van der Waals surface area contributed by atoms with Crippen molar-refractivity contribution in [3.05, 3.63) is 70.8 Å². The van der Waals surface area contributed by atoms with Crippen molar-refractivity contribution in [2.75, 3.05) is 6.54 Å². The molecule has 0 bridgehead atoms. The third-order valence-electron chi connectivity index (χ3n) is 4.91. The van der Waals surface area contributed by atoms with Crippen LogP contribution in [-0.2, 0) is 27.8 Å². The normalized spacial score (nSPS) is 19.1. The van der Waals surface area contributed by atoms with Gasteiger partial charge in [-0.3, -0.25) is 9.59 Å². The summed E-state index contributed by atoms with van der Waals surface area (Å²) in [5.41, 5.74) is 3.46. The largest absolute Gasteiger partial charge is 0.348 e. The Hall–Kier alpha value is -2.42. The Kier molecular flexibility index (Phi) is 2.89. The fraction of sp³-hybridized carbons (Fsp3) is 0.263. The van der Waals surface area contributed by atoms with Crippen LogP contribution in [0.1, 0.15) is 28.7 Å². The van der Waals surface area contributed by atoms with Crippen molar-refractivity contribution >= 4 is 11.7 Å². The van der Waals surface area contributed by atoms with E-state index in [4.69, 9.17) is 0 Å². The second-order valence-electron chi connectivity index (χ2n) is 6.12. The van der Waals surface area contributed by atoms with Gasteiger partial charge in [-0.25, -0.2) is 0 Å². The van der Waals surface area contributed by atoms with Crippen LogP contribution < -0.4 is 5.32 Å². The number of nitrogens with one attached hydrogen (secondary N) is 1. The van der Waals surface area contributed by atoms with E-state index in [0.717, 1.165) is 24.0 Å². The number of benzene rings is 2. The van der Waals surface area contributed by atoms with Gasteiger partial charge >= 0.3 is 0 Å². The molecule has 1 spiro atoms. The number of amides is 1. The van der Waals surface area contributed by atoms with Gasteiger partial charge < -0.3 is 5.32 Å². The van der Waals surface area contributed by atoms with Crippen LogP contribution in [-0.4, -0.2) is 18.2 Å². The molecule has 0 atom stereocenters. The Balaban J connectivity index is 2.07. The summed E-state index contributed by atoms with van der Waals surface area (Å²) in [6.07, 6.45) is 2.06. The summed E-state index contributed by atoms with van der Waals surface area (Å²) in [6, 6.07) is 16.1. The zero-order valence-electron chi connectivity index (χ0n) is 12.3. The van der Waals surface area contributed by atoms with E-state index >= 15 is 0 Å². The standard InChI is InChI=1S/C19H17NO2/c21-15-11-19(18(22)20-12-15)16-7-3-1-5-13(16)9-10-14-6-2-4-8-17(14)19/h1-8H,9-12H2,(H,20,22). The molecule has 3 nitrogen and oxygen atoms in total. The molecule has 1 heterocycles. The molecule has 0 radical (unpaired) electrons. The number of carbonyl (C=O) groups excluding carboxylic acids is 2. The van der Waals surface area contributed by atoms with Crippen LogP contribution in [0.4, 0.5) is 0 Å². The minimum Gasteiger partial charge on any atom is -0.348 e. The van der Waals surface area contributed by atoms with E-state index in [9.17, 15) is 9.59 Å². The van der Waals surface area contributed by atoms with Crippen LogP contribution in [0.25, 0.3) is 0 Å². The van der Waals surface area contributed by atoms with E-state index in [1.165, 1.54) is 11.1 Å². The van der Waals surface area contributed by atoms with Gasteiger partial charge in [0, 0.05) is 6.42 Å². The highest BCUT2D eigenvalue weighted by Crippen LogP contribution is 2.43. The number of Topliss-reactive ketones (excluding diaryl/α,β-unsaturated/α-hetero) is 1.